The summed E-state index contributed by atoms with van der Waals surface area (Å²) < 4.78 is 36.0. The van der Waals surface area contributed by atoms with Gasteiger partial charge in [0.15, 0.2) is 11.5 Å². The fourth-order valence-corrected chi connectivity index (χ4v) is 3.75. The number of halogens is 1. The molecule has 202 valence electrons. The summed E-state index contributed by atoms with van der Waals surface area (Å²) in [5.41, 5.74) is 2.87. The number of ketones is 1. The second-order valence-corrected chi connectivity index (χ2v) is 8.64. The van der Waals surface area contributed by atoms with Crippen molar-refractivity contribution in [1.82, 2.24) is 0 Å². The van der Waals surface area contributed by atoms with Gasteiger partial charge in [-0.3, -0.25) is 9.59 Å². The van der Waals surface area contributed by atoms with Crippen LogP contribution in [0, 0.1) is 5.82 Å². The van der Waals surface area contributed by atoms with E-state index in [4.69, 9.17) is 24.1 Å². The van der Waals surface area contributed by atoms with Crippen molar-refractivity contribution in [3.63, 3.8) is 0 Å². The van der Waals surface area contributed by atoms with Gasteiger partial charge >= 0.3 is 5.97 Å². The van der Waals surface area contributed by atoms with E-state index in [0.29, 0.717) is 48.0 Å². The fourth-order valence-electron chi connectivity index (χ4n) is 3.75. The molecule has 0 bridgehead atoms. The van der Waals surface area contributed by atoms with Crippen molar-refractivity contribution in [2.24, 2.45) is 0 Å². The Morgan fingerprint density at radius 3 is 2.32 bits per heavy atom. The number of methoxy groups -OCH3 is 2. The zero-order valence-corrected chi connectivity index (χ0v) is 21.7. The standard InChI is InChI=1S/C28H35FO8/c1-18(2)24-17-25(37-14-13-36-12-11-34-3)28(35-4)27(19-5-7-20(29)8-6-19)23(24)10-9-21(30)15-22(31)16-26(32)33/h5-10,17-18,21,30H,11-16H2,1-4H3,(H,32,33)/b10-9+. The summed E-state index contributed by atoms with van der Waals surface area (Å²) in [7, 11) is 3.10. The number of hydrogen-bond donors (Lipinski definition) is 2. The maximum atomic E-state index is 13.7. The van der Waals surface area contributed by atoms with Crippen LogP contribution < -0.4 is 9.47 Å². The first-order valence-electron chi connectivity index (χ1n) is 12.0. The fraction of sp³-hybridized carbons (Fsp3) is 0.429. The Hall–Kier alpha value is -3.27. The largest absolute Gasteiger partial charge is 0.492 e. The van der Waals surface area contributed by atoms with Gasteiger partial charge in [0.25, 0.3) is 0 Å². The van der Waals surface area contributed by atoms with E-state index >= 15 is 0 Å². The molecule has 9 heteroatoms. The quantitative estimate of drug-likeness (QED) is 0.247. The van der Waals surface area contributed by atoms with Gasteiger partial charge in [-0.1, -0.05) is 38.1 Å². The van der Waals surface area contributed by atoms with Crippen molar-refractivity contribution < 1.29 is 43.1 Å². The third kappa shape index (κ3) is 9.27. The highest BCUT2D eigenvalue weighted by Crippen LogP contribution is 2.45. The molecule has 0 saturated carbocycles. The highest BCUT2D eigenvalue weighted by atomic mass is 19.1. The molecule has 2 N–H and O–H groups in total. The monoisotopic (exact) mass is 518 g/mol. The van der Waals surface area contributed by atoms with E-state index in [1.807, 2.05) is 19.9 Å². The lowest BCUT2D eigenvalue weighted by molar-refractivity contribution is -0.140. The summed E-state index contributed by atoms with van der Waals surface area (Å²) in [6.07, 6.45) is 0.953. The average molecular weight is 519 g/mol. The van der Waals surface area contributed by atoms with Crippen molar-refractivity contribution >= 4 is 17.8 Å². The van der Waals surface area contributed by atoms with Gasteiger partial charge in [-0.2, -0.15) is 0 Å². The molecule has 0 amide bonds. The molecule has 0 spiro atoms. The normalized spacial score (nSPS) is 12.2. The van der Waals surface area contributed by atoms with Gasteiger partial charge in [-0.05, 0) is 40.8 Å². The van der Waals surface area contributed by atoms with Gasteiger partial charge in [0, 0.05) is 19.1 Å². The molecule has 0 radical (unpaired) electrons. The Balaban J connectivity index is 2.52. The molecule has 2 aromatic carbocycles. The summed E-state index contributed by atoms with van der Waals surface area (Å²) in [6.45, 7) is 5.52. The summed E-state index contributed by atoms with van der Waals surface area (Å²) in [4.78, 5) is 22.6. The van der Waals surface area contributed by atoms with Crippen LogP contribution in [0.2, 0.25) is 0 Å². The molecular formula is C28H35FO8. The van der Waals surface area contributed by atoms with E-state index in [-0.39, 0.29) is 18.9 Å². The van der Waals surface area contributed by atoms with Crippen LogP contribution in [0.1, 0.15) is 43.7 Å². The van der Waals surface area contributed by atoms with Gasteiger partial charge in [-0.15, -0.1) is 0 Å². The zero-order valence-electron chi connectivity index (χ0n) is 21.7. The molecule has 0 saturated heterocycles. The lowest BCUT2D eigenvalue weighted by Gasteiger charge is -2.22. The van der Waals surface area contributed by atoms with E-state index in [1.165, 1.54) is 25.3 Å². The number of aliphatic carboxylic acids is 1. The highest BCUT2D eigenvalue weighted by molar-refractivity contribution is 5.95. The third-order valence-corrected chi connectivity index (χ3v) is 5.46. The molecule has 2 rings (SSSR count). The minimum atomic E-state index is -1.24. The number of Topliss-reactive ketones (excluding diaryl/α,β-unsaturated/α-hetero) is 1. The Bertz CT molecular complexity index is 1060. The van der Waals surface area contributed by atoms with Crippen LogP contribution in [0.3, 0.4) is 0 Å². The van der Waals surface area contributed by atoms with E-state index in [2.05, 4.69) is 0 Å². The molecule has 0 heterocycles. The average Bonchev–Trinajstić information content (AvgIpc) is 2.84. The third-order valence-electron chi connectivity index (χ3n) is 5.46. The van der Waals surface area contributed by atoms with Crippen LogP contribution >= 0.6 is 0 Å². The number of carboxylic acid groups (broad SMARTS) is 1. The summed E-state index contributed by atoms with van der Waals surface area (Å²) in [5, 5.41) is 19.2. The molecular weight excluding hydrogens is 483 g/mol. The maximum absolute atomic E-state index is 13.7. The van der Waals surface area contributed by atoms with Crippen molar-refractivity contribution in [3.8, 4) is 22.6 Å². The van der Waals surface area contributed by atoms with Crippen LogP contribution in [0.5, 0.6) is 11.5 Å². The van der Waals surface area contributed by atoms with E-state index in [1.54, 1.807) is 25.3 Å². The second-order valence-electron chi connectivity index (χ2n) is 8.64. The van der Waals surface area contributed by atoms with Gasteiger partial charge in [-0.25, -0.2) is 4.39 Å². The number of benzene rings is 2. The number of carbonyl (C=O) groups excluding carboxylic acids is 1. The van der Waals surface area contributed by atoms with Crippen LogP contribution in [-0.4, -0.2) is 68.7 Å². The first-order chi connectivity index (χ1) is 17.7. The van der Waals surface area contributed by atoms with E-state index in [0.717, 1.165) is 5.56 Å². The van der Waals surface area contributed by atoms with Crippen molar-refractivity contribution in [2.45, 2.75) is 38.7 Å². The van der Waals surface area contributed by atoms with Crippen molar-refractivity contribution in [2.75, 3.05) is 40.6 Å². The first-order valence-corrected chi connectivity index (χ1v) is 12.0. The highest BCUT2D eigenvalue weighted by Gasteiger charge is 2.22. The number of aliphatic hydroxyl groups is 1. The van der Waals surface area contributed by atoms with Crippen molar-refractivity contribution in [1.29, 1.82) is 0 Å². The van der Waals surface area contributed by atoms with E-state index in [9.17, 15) is 19.1 Å². The molecule has 0 aromatic heterocycles. The SMILES string of the molecule is COCCOCCOc1cc(C(C)C)c(/C=C/C(O)CC(=O)CC(=O)O)c(-c2ccc(F)cc2)c1OC. The molecule has 0 fully saturated rings. The summed E-state index contributed by atoms with van der Waals surface area (Å²) in [5.74, 6) is -1.29. The molecule has 0 aliphatic rings. The van der Waals surface area contributed by atoms with Gasteiger partial charge < -0.3 is 29.2 Å². The number of carbonyl (C=O) groups is 2. The van der Waals surface area contributed by atoms with Gasteiger partial charge in [0.05, 0.1) is 33.0 Å². The Kier molecular flexibility index (Phi) is 12.2. The first kappa shape index (κ1) is 30.0. The zero-order chi connectivity index (χ0) is 27.4. The summed E-state index contributed by atoms with van der Waals surface area (Å²) in [6, 6.07) is 7.79. The van der Waals surface area contributed by atoms with E-state index < -0.39 is 30.1 Å². The van der Waals surface area contributed by atoms with Crippen LogP contribution in [0.25, 0.3) is 17.2 Å². The second kappa shape index (κ2) is 15.1. The number of carboxylic acids is 1. The Morgan fingerprint density at radius 1 is 1.05 bits per heavy atom. The molecule has 0 aliphatic heterocycles. The minimum Gasteiger partial charge on any atom is -0.492 e. The van der Waals surface area contributed by atoms with Gasteiger partial charge in [0.2, 0.25) is 0 Å². The molecule has 1 unspecified atom stereocenters. The Morgan fingerprint density at radius 2 is 1.73 bits per heavy atom. The van der Waals surface area contributed by atoms with Gasteiger partial charge in [0.1, 0.15) is 24.6 Å². The molecule has 1 atom stereocenters. The summed E-state index contributed by atoms with van der Waals surface area (Å²) >= 11 is 0. The number of rotatable bonds is 16. The van der Waals surface area contributed by atoms with Crippen LogP contribution in [0.4, 0.5) is 4.39 Å². The predicted octanol–water partition coefficient (Wildman–Crippen LogP) is 4.47. The number of hydrogen-bond acceptors (Lipinski definition) is 7. The number of ether oxygens (including phenoxy) is 4. The van der Waals surface area contributed by atoms with Crippen LogP contribution in [-0.2, 0) is 19.1 Å². The predicted molar refractivity (Wildman–Crippen MR) is 138 cm³/mol. The molecule has 8 nitrogen and oxygen atoms in total. The molecule has 2 aromatic rings. The van der Waals surface area contributed by atoms with Crippen molar-refractivity contribution in [3.05, 3.63) is 53.4 Å². The maximum Gasteiger partial charge on any atom is 0.310 e. The smallest absolute Gasteiger partial charge is 0.310 e. The minimum absolute atomic E-state index is 0.0239. The lowest BCUT2D eigenvalue weighted by Crippen LogP contribution is -2.14. The number of aliphatic hydroxyl groups excluding tert-OH is 1. The Labute approximate surface area is 216 Å². The molecule has 37 heavy (non-hydrogen) atoms. The lowest BCUT2D eigenvalue weighted by atomic mass is 9.88. The topological polar surface area (TPSA) is 112 Å². The molecule has 0 aliphatic carbocycles. The van der Waals surface area contributed by atoms with Crippen LogP contribution in [0.15, 0.2) is 36.4 Å².